The van der Waals surface area contributed by atoms with E-state index in [0.717, 1.165) is 12.1 Å². The fraction of sp³-hybridized carbons (Fsp3) is 0.375. The van der Waals surface area contributed by atoms with Crippen molar-refractivity contribution in [2.75, 3.05) is 26.2 Å². The lowest BCUT2D eigenvalue weighted by molar-refractivity contribution is -0.125. The van der Waals surface area contributed by atoms with Gasteiger partial charge in [-0.25, -0.2) is 8.78 Å². The van der Waals surface area contributed by atoms with Crippen LogP contribution in [0.25, 0.3) is 0 Å². The van der Waals surface area contributed by atoms with Crippen molar-refractivity contribution >= 4 is 11.8 Å². The highest BCUT2D eigenvalue weighted by atomic mass is 19.1. The maximum absolute atomic E-state index is 13.7. The molecule has 1 saturated heterocycles. The molecule has 1 aliphatic rings. The molecule has 0 aliphatic carbocycles. The lowest BCUT2D eigenvalue weighted by Gasteiger charge is -2.21. The molecule has 0 unspecified atom stereocenters. The van der Waals surface area contributed by atoms with Crippen molar-refractivity contribution in [3.8, 4) is 11.8 Å². The van der Waals surface area contributed by atoms with E-state index in [2.05, 4.69) is 11.8 Å². The second-order valence-corrected chi connectivity index (χ2v) is 4.91. The second kappa shape index (κ2) is 7.03. The fourth-order valence-corrected chi connectivity index (χ4v) is 2.37. The normalized spacial score (nSPS) is 14.9. The van der Waals surface area contributed by atoms with Gasteiger partial charge in [-0.15, -0.1) is 0 Å². The Hall–Kier alpha value is -2.42. The van der Waals surface area contributed by atoms with Crippen LogP contribution in [-0.2, 0) is 4.79 Å². The molecule has 2 rings (SSSR count). The first kappa shape index (κ1) is 16.0. The number of hydrogen-bond acceptors (Lipinski definition) is 2. The summed E-state index contributed by atoms with van der Waals surface area (Å²) in [4.78, 5) is 27.0. The van der Waals surface area contributed by atoms with Crippen LogP contribution >= 0.6 is 0 Å². The van der Waals surface area contributed by atoms with E-state index in [1.807, 2.05) is 0 Å². The molecule has 0 aromatic heterocycles. The summed E-state index contributed by atoms with van der Waals surface area (Å²) in [5.74, 6) is 2.25. The van der Waals surface area contributed by atoms with Gasteiger partial charge in [0.15, 0.2) is 0 Å². The molecule has 1 fully saturated rings. The van der Waals surface area contributed by atoms with Gasteiger partial charge < -0.3 is 9.80 Å². The van der Waals surface area contributed by atoms with Crippen molar-refractivity contribution in [1.82, 2.24) is 9.80 Å². The van der Waals surface area contributed by atoms with Crippen LogP contribution in [0.5, 0.6) is 0 Å². The van der Waals surface area contributed by atoms with E-state index in [1.165, 1.54) is 11.0 Å². The monoisotopic (exact) mass is 306 g/mol. The Morgan fingerprint density at radius 3 is 2.27 bits per heavy atom. The molecule has 4 nitrogen and oxygen atoms in total. The molecule has 1 aromatic carbocycles. The third kappa shape index (κ3) is 3.42. The fourth-order valence-electron chi connectivity index (χ4n) is 2.37. The minimum Gasteiger partial charge on any atom is -0.337 e. The molecule has 0 radical (unpaired) electrons. The van der Waals surface area contributed by atoms with Crippen LogP contribution < -0.4 is 0 Å². The smallest absolute Gasteiger partial charge is 0.298 e. The van der Waals surface area contributed by atoms with Crippen molar-refractivity contribution < 1.29 is 18.4 Å². The molecule has 1 aromatic rings. The summed E-state index contributed by atoms with van der Waals surface area (Å²) < 4.78 is 27.4. The van der Waals surface area contributed by atoms with Crippen molar-refractivity contribution in [2.24, 2.45) is 0 Å². The summed E-state index contributed by atoms with van der Waals surface area (Å²) in [5, 5.41) is 0. The number of carbonyl (C=O) groups is 2. The number of rotatable bonds is 1. The van der Waals surface area contributed by atoms with Crippen LogP contribution in [0.15, 0.2) is 18.2 Å². The number of amides is 2. The zero-order chi connectivity index (χ0) is 16.1. The molecule has 0 saturated carbocycles. The predicted molar refractivity (Wildman–Crippen MR) is 76.9 cm³/mol. The minimum absolute atomic E-state index is 0.226. The average molecular weight is 306 g/mol. The summed E-state index contributed by atoms with van der Waals surface area (Å²) in [7, 11) is 0. The first-order chi connectivity index (χ1) is 10.5. The van der Waals surface area contributed by atoms with Gasteiger partial charge in [0.25, 0.3) is 11.8 Å². The highest BCUT2D eigenvalue weighted by Gasteiger charge is 2.26. The summed E-state index contributed by atoms with van der Waals surface area (Å²) in [5.41, 5.74) is -0.546. The molecular weight excluding hydrogens is 290 g/mol. The van der Waals surface area contributed by atoms with E-state index in [1.54, 1.807) is 11.8 Å². The SMILES string of the molecule is CC#CC(=O)N1CCCN(C(=O)c2c(F)cccc2F)CC1. The maximum atomic E-state index is 13.7. The van der Waals surface area contributed by atoms with Crippen LogP contribution in [0.2, 0.25) is 0 Å². The van der Waals surface area contributed by atoms with Gasteiger partial charge in [0.05, 0.1) is 0 Å². The summed E-state index contributed by atoms with van der Waals surface area (Å²) in [6, 6.07) is 3.33. The Bertz CT molecular complexity index is 629. The molecular formula is C16H16F2N2O2. The van der Waals surface area contributed by atoms with Gasteiger partial charge in [0.2, 0.25) is 0 Å². The van der Waals surface area contributed by atoms with E-state index < -0.39 is 23.1 Å². The van der Waals surface area contributed by atoms with E-state index >= 15 is 0 Å². The minimum atomic E-state index is -0.876. The van der Waals surface area contributed by atoms with Crippen molar-refractivity contribution in [2.45, 2.75) is 13.3 Å². The van der Waals surface area contributed by atoms with Gasteiger partial charge in [0.1, 0.15) is 17.2 Å². The van der Waals surface area contributed by atoms with Crippen LogP contribution in [0, 0.1) is 23.5 Å². The van der Waals surface area contributed by atoms with E-state index in [-0.39, 0.29) is 12.5 Å². The molecule has 0 bridgehead atoms. The zero-order valence-electron chi connectivity index (χ0n) is 12.2. The topological polar surface area (TPSA) is 40.6 Å². The standard InChI is InChI=1S/C16H16F2N2O2/c1-2-5-14(21)19-8-4-9-20(11-10-19)16(22)15-12(17)6-3-7-13(15)18/h3,6-7H,4,8-11H2,1H3. The number of nitrogens with zero attached hydrogens (tertiary/aromatic N) is 2. The van der Waals surface area contributed by atoms with Crippen molar-refractivity contribution in [1.29, 1.82) is 0 Å². The largest absolute Gasteiger partial charge is 0.337 e. The summed E-state index contributed by atoms with van der Waals surface area (Å²) in [6.45, 7) is 2.92. The number of hydrogen-bond donors (Lipinski definition) is 0. The lowest BCUT2D eigenvalue weighted by Crippen LogP contribution is -2.37. The highest BCUT2D eigenvalue weighted by Crippen LogP contribution is 2.16. The molecule has 0 atom stereocenters. The van der Waals surface area contributed by atoms with Gasteiger partial charge in [-0.05, 0) is 31.4 Å². The molecule has 0 spiro atoms. The molecule has 6 heteroatoms. The Morgan fingerprint density at radius 1 is 1.05 bits per heavy atom. The Labute approximate surface area is 127 Å². The second-order valence-electron chi connectivity index (χ2n) is 4.91. The van der Waals surface area contributed by atoms with Crippen molar-refractivity contribution in [3.05, 3.63) is 35.4 Å². The number of benzene rings is 1. The quantitative estimate of drug-likeness (QED) is 0.741. The number of carbonyl (C=O) groups excluding carboxylic acids is 2. The average Bonchev–Trinajstić information content (AvgIpc) is 2.73. The Balaban J connectivity index is 2.12. The van der Waals surface area contributed by atoms with E-state index in [9.17, 15) is 18.4 Å². The van der Waals surface area contributed by atoms with Gasteiger partial charge in [0, 0.05) is 26.2 Å². The lowest BCUT2D eigenvalue weighted by atomic mass is 10.1. The zero-order valence-corrected chi connectivity index (χ0v) is 12.2. The van der Waals surface area contributed by atoms with Crippen molar-refractivity contribution in [3.63, 3.8) is 0 Å². The highest BCUT2D eigenvalue weighted by molar-refractivity contribution is 5.95. The van der Waals surface area contributed by atoms with Crippen LogP contribution in [-0.4, -0.2) is 47.8 Å². The summed E-state index contributed by atoms with van der Waals surface area (Å²) in [6.07, 6.45) is 0.541. The molecule has 1 heterocycles. The van der Waals surface area contributed by atoms with Crippen LogP contribution in [0.1, 0.15) is 23.7 Å². The molecule has 22 heavy (non-hydrogen) atoms. The van der Waals surface area contributed by atoms with Gasteiger partial charge in [-0.3, -0.25) is 9.59 Å². The van der Waals surface area contributed by atoms with E-state index in [0.29, 0.717) is 26.1 Å². The number of halogens is 2. The van der Waals surface area contributed by atoms with Gasteiger partial charge >= 0.3 is 0 Å². The maximum Gasteiger partial charge on any atom is 0.298 e. The summed E-state index contributed by atoms with van der Waals surface area (Å²) >= 11 is 0. The molecule has 2 amide bonds. The molecule has 0 N–H and O–H groups in total. The molecule has 116 valence electrons. The first-order valence-corrected chi connectivity index (χ1v) is 6.99. The van der Waals surface area contributed by atoms with Gasteiger partial charge in [-0.1, -0.05) is 12.0 Å². The Morgan fingerprint density at radius 2 is 1.64 bits per heavy atom. The molecule has 1 aliphatic heterocycles. The van der Waals surface area contributed by atoms with Crippen LogP contribution in [0.3, 0.4) is 0 Å². The predicted octanol–water partition coefficient (Wildman–Crippen LogP) is 1.66. The third-order valence-corrected chi connectivity index (χ3v) is 3.48. The van der Waals surface area contributed by atoms with E-state index in [4.69, 9.17) is 0 Å². The van der Waals surface area contributed by atoms with Gasteiger partial charge in [-0.2, -0.15) is 0 Å². The Kier molecular flexibility index (Phi) is 5.10. The third-order valence-electron chi connectivity index (χ3n) is 3.48. The van der Waals surface area contributed by atoms with Crippen LogP contribution in [0.4, 0.5) is 8.78 Å². The first-order valence-electron chi connectivity index (χ1n) is 6.99.